The molecule has 25 heavy (non-hydrogen) atoms. The second-order valence-electron chi connectivity index (χ2n) is 7.60. The van der Waals surface area contributed by atoms with Gasteiger partial charge < -0.3 is 4.90 Å². The van der Waals surface area contributed by atoms with E-state index in [1.807, 2.05) is 18.2 Å². The molecule has 4 atom stereocenters. The number of hydrogen-bond acceptors (Lipinski definition) is 3. The minimum absolute atomic E-state index is 0.105. The first-order valence-electron chi connectivity index (χ1n) is 9.01. The molecule has 2 heterocycles. The molecule has 1 aromatic carbocycles. The van der Waals surface area contributed by atoms with Crippen molar-refractivity contribution in [3.05, 3.63) is 47.5 Å². The number of rotatable bonds is 2. The molecule has 4 aliphatic rings. The summed E-state index contributed by atoms with van der Waals surface area (Å²) in [6.07, 6.45) is 5.88. The van der Waals surface area contributed by atoms with Crippen LogP contribution in [-0.4, -0.2) is 40.6 Å². The third kappa shape index (κ3) is 2.11. The highest BCUT2D eigenvalue weighted by molar-refractivity contribution is 6.08. The molecule has 2 aliphatic carbocycles. The molecule has 128 valence electrons. The highest BCUT2D eigenvalue weighted by atomic mass is 16.2. The van der Waals surface area contributed by atoms with E-state index in [0.717, 1.165) is 18.4 Å². The van der Waals surface area contributed by atoms with Crippen LogP contribution in [0.1, 0.15) is 17.5 Å². The molecule has 5 rings (SSSR count). The van der Waals surface area contributed by atoms with Gasteiger partial charge in [-0.05, 0) is 35.8 Å². The van der Waals surface area contributed by atoms with Gasteiger partial charge in [0.25, 0.3) is 0 Å². The Kier molecular flexibility index (Phi) is 3.14. The van der Waals surface area contributed by atoms with Gasteiger partial charge >= 0.3 is 0 Å². The Balaban J connectivity index is 1.31. The number of fused-ring (bicyclic) bond motifs is 6. The summed E-state index contributed by atoms with van der Waals surface area (Å²) in [4.78, 5) is 41.1. The van der Waals surface area contributed by atoms with E-state index in [4.69, 9.17) is 0 Å². The van der Waals surface area contributed by atoms with Crippen LogP contribution in [0.25, 0.3) is 0 Å². The van der Waals surface area contributed by atoms with E-state index >= 15 is 0 Å². The summed E-state index contributed by atoms with van der Waals surface area (Å²) in [5.74, 6) is -0.483. The van der Waals surface area contributed by atoms with E-state index in [1.165, 1.54) is 10.5 Å². The summed E-state index contributed by atoms with van der Waals surface area (Å²) in [5, 5.41) is 0. The number of allylic oxidation sites excluding steroid dienone is 2. The Morgan fingerprint density at radius 1 is 1.00 bits per heavy atom. The van der Waals surface area contributed by atoms with E-state index < -0.39 is 0 Å². The van der Waals surface area contributed by atoms with Gasteiger partial charge in [0.05, 0.1) is 11.8 Å². The monoisotopic (exact) mass is 336 g/mol. The van der Waals surface area contributed by atoms with Crippen LogP contribution >= 0.6 is 0 Å². The standard InChI is InChI=1S/C20H20N2O3/c23-16(21-8-7-12-3-1-2-4-15(12)10-21)11-22-19(24)17-13-5-6-14(9-13)18(17)20(22)25/h1-6,13-14,17-18H,7-11H2/t13-,14-,17-,18+/m0/s1. The molecule has 3 amide bonds. The SMILES string of the molecule is O=C(CN1C(=O)[C@@H]2[C@H](C1=O)[C@H]1C=C[C@H]2C1)N1CCc2ccccc2C1. The molecule has 0 radical (unpaired) electrons. The number of benzene rings is 1. The van der Waals surface area contributed by atoms with Crippen molar-refractivity contribution >= 4 is 17.7 Å². The molecule has 2 bridgehead atoms. The van der Waals surface area contributed by atoms with Gasteiger partial charge in [-0.3, -0.25) is 19.3 Å². The van der Waals surface area contributed by atoms with Gasteiger partial charge in [0.1, 0.15) is 6.54 Å². The molecule has 5 nitrogen and oxygen atoms in total. The zero-order chi connectivity index (χ0) is 17.1. The van der Waals surface area contributed by atoms with E-state index in [-0.39, 0.29) is 47.9 Å². The van der Waals surface area contributed by atoms with Gasteiger partial charge in [-0.2, -0.15) is 0 Å². The van der Waals surface area contributed by atoms with Crippen LogP contribution in [0, 0.1) is 23.7 Å². The number of carbonyl (C=O) groups is 3. The lowest BCUT2D eigenvalue weighted by Gasteiger charge is -2.30. The van der Waals surface area contributed by atoms with Crippen LogP contribution in [0.2, 0.25) is 0 Å². The van der Waals surface area contributed by atoms with Crippen LogP contribution < -0.4 is 0 Å². The average molecular weight is 336 g/mol. The number of imide groups is 1. The topological polar surface area (TPSA) is 57.7 Å². The lowest BCUT2D eigenvalue weighted by Crippen LogP contribution is -2.45. The quantitative estimate of drug-likeness (QED) is 0.606. The number of nitrogens with zero attached hydrogens (tertiary/aromatic N) is 2. The van der Waals surface area contributed by atoms with Crippen LogP contribution in [-0.2, 0) is 27.3 Å². The fourth-order valence-corrected chi connectivity index (χ4v) is 5.06. The van der Waals surface area contributed by atoms with Crippen LogP contribution in [0.4, 0.5) is 0 Å². The maximum Gasteiger partial charge on any atom is 0.243 e. The van der Waals surface area contributed by atoms with E-state index in [1.54, 1.807) is 4.90 Å². The van der Waals surface area contributed by atoms with Crippen molar-refractivity contribution in [3.8, 4) is 0 Å². The van der Waals surface area contributed by atoms with E-state index in [2.05, 4.69) is 18.2 Å². The largest absolute Gasteiger partial charge is 0.336 e. The van der Waals surface area contributed by atoms with Crippen molar-refractivity contribution < 1.29 is 14.4 Å². The lowest BCUT2D eigenvalue weighted by molar-refractivity contribution is -0.147. The van der Waals surface area contributed by atoms with Crippen molar-refractivity contribution in [1.29, 1.82) is 0 Å². The minimum Gasteiger partial charge on any atom is -0.336 e. The van der Waals surface area contributed by atoms with Gasteiger partial charge in [-0.1, -0.05) is 36.4 Å². The fraction of sp³-hybridized carbons (Fsp3) is 0.450. The van der Waals surface area contributed by atoms with Crippen molar-refractivity contribution in [1.82, 2.24) is 9.80 Å². The van der Waals surface area contributed by atoms with Crippen molar-refractivity contribution in [2.75, 3.05) is 13.1 Å². The third-order valence-corrected chi connectivity index (χ3v) is 6.34. The van der Waals surface area contributed by atoms with Gasteiger partial charge in [0, 0.05) is 13.1 Å². The predicted molar refractivity (Wildman–Crippen MR) is 90.0 cm³/mol. The highest BCUT2D eigenvalue weighted by Crippen LogP contribution is 2.52. The summed E-state index contributed by atoms with van der Waals surface area (Å²) in [6, 6.07) is 8.12. The van der Waals surface area contributed by atoms with E-state index in [0.29, 0.717) is 13.1 Å². The maximum absolute atomic E-state index is 12.7. The molecule has 2 aliphatic heterocycles. The van der Waals surface area contributed by atoms with Crippen LogP contribution in [0.3, 0.4) is 0 Å². The second-order valence-corrected chi connectivity index (χ2v) is 7.60. The Morgan fingerprint density at radius 3 is 2.32 bits per heavy atom. The normalized spacial score (nSPS) is 32.3. The Labute approximate surface area is 146 Å². The van der Waals surface area contributed by atoms with E-state index in [9.17, 15) is 14.4 Å². The second kappa shape index (κ2) is 5.28. The predicted octanol–water partition coefficient (Wildman–Crippen LogP) is 1.38. The summed E-state index contributed by atoms with van der Waals surface area (Å²) in [6.45, 7) is 1.10. The van der Waals surface area contributed by atoms with Crippen LogP contribution in [0.15, 0.2) is 36.4 Å². The number of hydrogen-bond donors (Lipinski definition) is 0. The van der Waals surface area contributed by atoms with Crippen molar-refractivity contribution in [2.24, 2.45) is 23.7 Å². The smallest absolute Gasteiger partial charge is 0.243 e. The Morgan fingerprint density at radius 2 is 1.64 bits per heavy atom. The first-order chi connectivity index (χ1) is 12.1. The minimum atomic E-state index is -0.225. The lowest BCUT2D eigenvalue weighted by atomic mass is 9.85. The molecule has 0 aromatic heterocycles. The molecule has 0 spiro atoms. The molecule has 1 aromatic rings. The summed E-state index contributed by atoms with van der Waals surface area (Å²) in [7, 11) is 0. The molecule has 2 fully saturated rings. The number of carbonyl (C=O) groups excluding carboxylic acids is 3. The molecular weight excluding hydrogens is 316 g/mol. The number of amides is 3. The van der Waals surface area contributed by atoms with Gasteiger partial charge in [0.2, 0.25) is 17.7 Å². The molecule has 1 saturated carbocycles. The Bertz CT molecular complexity index is 785. The molecule has 0 unspecified atom stereocenters. The molecule has 5 heteroatoms. The van der Waals surface area contributed by atoms with Gasteiger partial charge in [-0.15, -0.1) is 0 Å². The molecule has 0 N–H and O–H groups in total. The van der Waals surface area contributed by atoms with Crippen molar-refractivity contribution in [2.45, 2.75) is 19.4 Å². The van der Waals surface area contributed by atoms with Crippen molar-refractivity contribution in [3.63, 3.8) is 0 Å². The highest BCUT2D eigenvalue weighted by Gasteiger charge is 2.59. The zero-order valence-electron chi connectivity index (χ0n) is 13.9. The summed E-state index contributed by atoms with van der Waals surface area (Å²) in [5.41, 5.74) is 2.43. The van der Waals surface area contributed by atoms with Gasteiger partial charge in [-0.25, -0.2) is 0 Å². The molecular formula is C20H20N2O3. The summed E-state index contributed by atoms with van der Waals surface area (Å²) < 4.78 is 0. The fourth-order valence-electron chi connectivity index (χ4n) is 5.06. The zero-order valence-corrected chi connectivity index (χ0v) is 13.9. The number of likely N-dealkylation sites (tertiary alicyclic amines) is 1. The third-order valence-electron chi connectivity index (χ3n) is 6.34. The van der Waals surface area contributed by atoms with Gasteiger partial charge in [0.15, 0.2) is 0 Å². The summed E-state index contributed by atoms with van der Waals surface area (Å²) >= 11 is 0. The molecule has 1 saturated heterocycles. The van der Waals surface area contributed by atoms with Crippen LogP contribution in [0.5, 0.6) is 0 Å². The first kappa shape index (κ1) is 14.9. The maximum atomic E-state index is 12.7. The average Bonchev–Trinajstić information content (AvgIpc) is 3.31. The first-order valence-corrected chi connectivity index (χ1v) is 9.01. The Hall–Kier alpha value is -2.43.